The summed E-state index contributed by atoms with van der Waals surface area (Å²) in [6.45, 7) is 6.49. The van der Waals surface area contributed by atoms with Gasteiger partial charge in [-0.15, -0.1) is 0 Å². The Kier molecular flexibility index (Phi) is 5.15. The Morgan fingerprint density at radius 2 is 2.15 bits per heavy atom. The van der Waals surface area contributed by atoms with Crippen LogP contribution in [0.2, 0.25) is 5.02 Å². The highest BCUT2D eigenvalue weighted by molar-refractivity contribution is 6.31. The maximum absolute atomic E-state index is 13.4. The van der Waals surface area contributed by atoms with Crippen LogP contribution in [0.25, 0.3) is 0 Å². The second-order valence-electron chi connectivity index (χ2n) is 5.22. The van der Waals surface area contributed by atoms with E-state index in [4.69, 9.17) is 11.6 Å². The van der Waals surface area contributed by atoms with Gasteiger partial charge in [0.2, 0.25) is 0 Å². The third-order valence-electron chi connectivity index (χ3n) is 3.01. The first-order chi connectivity index (χ1) is 9.58. The van der Waals surface area contributed by atoms with Crippen molar-refractivity contribution in [2.24, 2.45) is 5.92 Å². The minimum Gasteiger partial charge on any atom is -0.311 e. The molecule has 0 radical (unpaired) electrons. The van der Waals surface area contributed by atoms with Crippen molar-refractivity contribution in [1.29, 1.82) is 0 Å². The Labute approximate surface area is 123 Å². The molecule has 1 N–H and O–H groups in total. The zero-order valence-electron chi connectivity index (χ0n) is 11.7. The van der Waals surface area contributed by atoms with Crippen molar-refractivity contribution in [3.63, 3.8) is 0 Å². The number of nitrogens with zero attached hydrogens (tertiary/aromatic N) is 2. The molecule has 1 aromatic heterocycles. The van der Waals surface area contributed by atoms with Crippen LogP contribution in [0.4, 0.5) is 4.39 Å². The van der Waals surface area contributed by atoms with Crippen LogP contribution in [0, 0.1) is 11.7 Å². The van der Waals surface area contributed by atoms with E-state index in [9.17, 15) is 4.39 Å². The van der Waals surface area contributed by atoms with Crippen LogP contribution in [0.1, 0.15) is 25.1 Å². The third kappa shape index (κ3) is 3.81. The second kappa shape index (κ2) is 6.86. The molecule has 2 aromatic rings. The molecule has 3 nitrogen and oxygen atoms in total. The highest BCUT2D eigenvalue weighted by Gasteiger charge is 2.09. The summed E-state index contributed by atoms with van der Waals surface area (Å²) in [5.41, 5.74) is 1.80. The number of hydrogen-bond acceptors (Lipinski definition) is 2. The SMILES string of the molecule is CC(C)CNCc1ccnn1Cc1cccc(F)c1Cl. The molecule has 0 unspecified atom stereocenters. The Morgan fingerprint density at radius 1 is 1.35 bits per heavy atom. The van der Waals surface area contributed by atoms with E-state index < -0.39 is 5.82 Å². The van der Waals surface area contributed by atoms with Gasteiger partial charge >= 0.3 is 0 Å². The molecule has 0 aliphatic carbocycles. The van der Waals surface area contributed by atoms with E-state index in [1.807, 2.05) is 16.8 Å². The summed E-state index contributed by atoms with van der Waals surface area (Å²) < 4.78 is 15.3. The number of aromatic nitrogens is 2. The van der Waals surface area contributed by atoms with E-state index in [-0.39, 0.29) is 5.02 Å². The maximum Gasteiger partial charge on any atom is 0.142 e. The Bertz CT molecular complexity index is 566. The number of hydrogen-bond donors (Lipinski definition) is 1. The van der Waals surface area contributed by atoms with E-state index in [0.717, 1.165) is 24.3 Å². The van der Waals surface area contributed by atoms with Gasteiger partial charge in [0.05, 0.1) is 17.3 Å². The molecule has 108 valence electrons. The molecule has 20 heavy (non-hydrogen) atoms. The smallest absolute Gasteiger partial charge is 0.142 e. The topological polar surface area (TPSA) is 29.9 Å². The molecule has 0 saturated carbocycles. The fraction of sp³-hybridized carbons (Fsp3) is 0.400. The van der Waals surface area contributed by atoms with Crippen LogP contribution >= 0.6 is 11.6 Å². The molecule has 0 atom stereocenters. The summed E-state index contributed by atoms with van der Waals surface area (Å²) in [4.78, 5) is 0. The number of halogens is 2. The maximum atomic E-state index is 13.4. The largest absolute Gasteiger partial charge is 0.311 e. The van der Waals surface area contributed by atoms with Crippen LogP contribution in [0.3, 0.4) is 0 Å². The van der Waals surface area contributed by atoms with Gasteiger partial charge in [-0.1, -0.05) is 37.6 Å². The molecule has 0 saturated heterocycles. The van der Waals surface area contributed by atoms with Gasteiger partial charge in [-0.25, -0.2) is 4.39 Å². The van der Waals surface area contributed by atoms with Crippen molar-refractivity contribution in [2.45, 2.75) is 26.9 Å². The van der Waals surface area contributed by atoms with Crippen molar-refractivity contribution in [3.05, 3.63) is 52.6 Å². The number of rotatable bonds is 6. The van der Waals surface area contributed by atoms with Gasteiger partial charge in [-0.3, -0.25) is 4.68 Å². The predicted molar refractivity (Wildman–Crippen MR) is 79.3 cm³/mol. The lowest BCUT2D eigenvalue weighted by atomic mass is 10.2. The first-order valence-corrected chi connectivity index (χ1v) is 7.10. The summed E-state index contributed by atoms with van der Waals surface area (Å²) in [6, 6.07) is 6.80. The number of benzene rings is 1. The third-order valence-corrected chi connectivity index (χ3v) is 3.44. The molecule has 0 spiro atoms. The van der Waals surface area contributed by atoms with Crippen molar-refractivity contribution in [1.82, 2.24) is 15.1 Å². The van der Waals surface area contributed by atoms with Crippen molar-refractivity contribution in [2.75, 3.05) is 6.54 Å². The predicted octanol–water partition coefficient (Wildman–Crippen LogP) is 3.47. The second-order valence-corrected chi connectivity index (χ2v) is 5.60. The van der Waals surface area contributed by atoms with Crippen LogP contribution in [-0.4, -0.2) is 16.3 Å². The molecular weight excluding hydrogens is 277 g/mol. The highest BCUT2D eigenvalue weighted by atomic mass is 35.5. The molecule has 1 heterocycles. The lowest BCUT2D eigenvalue weighted by Crippen LogP contribution is -2.21. The van der Waals surface area contributed by atoms with E-state index in [1.165, 1.54) is 6.07 Å². The van der Waals surface area contributed by atoms with E-state index in [0.29, 0.717) is 12.5 Å². The molecule has 0 bridgehead atoms. The fourth-order valence-electron chi connectivity index (χ4n) is 1.97. The van der Waals surface area contributed by atoms with Gasteiger partial charge in [-0.05, 0) is 30.2 Å². The summed E-state index contributed by atoms with van der Waals surface area (Å²) in [5, 5.41) is 7.82. The first kappa shape index (κ1) is 15.0. The van der Waals surface area contributed by atoms with Gasteiger partial charge < -0.3 is 5.32 Å². The quantitative estimate of drug-likeness (QED) is 0.884. The van der Waals surface area contributed by atoms with E-state index in [2.05, 4.69) is 24.3 Å². The molecule has 0 amide bonds. The summed E-state index contributed by atoms with van der Waals surface area (Å²) in [6.07, 6.45) is 1.75. The zero-order valence-corrected chi connectivity index (χ0v) is 12.5. The molecule has 0 aliphatic heterocycles. The Morgan fingerprint density at radius 3 is 2.90 bits per heavy atom. The zero-order chi connectivity index (χ0) is 14.5. The Hall–Kier alpha value is -1.39. The summed E-state index contributed by atoms with van der Waals surface area (Å²) in [7, 11) is 0. The lowest BCUT2D eigenvalue weighted by molar-refractivity contribution is 0.529. The fourth-order valence-corrected chi connectivity index (χ4v) is 2.16. The van der Waals surface area contributed by atoms with Gasteiger partial charge in [0.25, 0.3) is 0 Å². The van der Waals surface area contributed by atoms with Gasteiger partial charge in [-0.2, -0.15) is 5.10 Å². The van der Waals surface area contributed by atoms with Crippen LogP contribution in [0.15, 0.2) is 30.5 Å². The normalized spacial score (nSPS) is 11.2. The first-order valence-electron chi connectivity index (χ1n) is 6.72. The summed E-state index contributed by atoms with van der Waals surface area (Å²) >= 11 is 5.98. The number of nitrogens with one attached hydrogen (secondary N) is 1. The van der Waals surface area contributed by atoms with Crippen molar-refractivity contribution < 1.29 is 4.39 Å². The molecule has 0 fully saturated rings. The monoisotopic (exact) mass is 295 g/mol. The van der Waals surface area contributed by atoms with E-state index >= 15 is 0 Å². The lowest BCUT2D eigenvalue weighted by Gasteiger charge is -2.11. The van der Waals surface area contributed by atoms with E-state index in [1.54, 1.807) is 12.3 Å². The molecule has 2 rings (SSSR count). The molecule has 1 aromatic carbocycles. The van der Waals surface area contributed by atoms with Crippen molar-refractivity contribution in [3.8, 4) is 0 Å². The molecule has 5 heteroatoms. The Balaban J connectivity index is 2.06. The standard InChI is InChI=1S/C15H19ClFN3/c1-11(2)8-18-9-13-6-7-19-20(13)10-12-4-3-5-14(17)15(12)16/h3-7,11,18H,8-10H2,1-2H3. The molecular formula is C15H19ClFN3. The van der Waals surface area contributed by atoms with Gasteiger partial charge in [0.15, 0.2) is 0 Å². The summed E-state index contributed by atoms with van der Waals surface area (Å²) in [5.74, 6) is 0.208. The highest BCUT2D eigenvalue weighted by Crippen LogP contribution is 2.20. The minimum absolute atomic E-state index is 0.170. The van der Waals surface area contributed by atoms with Crippen molar-refractivity contribution >= 4 is 11.6 Å². The van der Waals surface area contributed by atoms with Gasteiger partial charge in [0, 0.05) is 12.7 Å². The van der Waals surface area contributed by atoms with Crippen LogP contribution in [-0.2, 0) is 13.1 Å². The van der Waals surface area contributed by atoms with Crippen LogP contribution < -0.4 is 5.32 Å². The van der Waals surface area contributed by atoms with Gasteiger partial charge in [0.1, 0.15) is 5.82 Å². The minimum atomic E-state index is -0.393. The average molecular weight is 296 g/mol. The van der Waals surface area contributed by atoms with Crippen LogP contribution in [0.5, 0.6) is 0 Å². The average Bonchev–Trinajstić information content (AvgIpc) is 2.82. The molecule has 0 aliphatic rings.